The van der Waals surface area contributed by atoms with Gasteiger partial charge >= 0.3 is 5.97 Å². The van der Waals surface area contributed by atoms with E-state index < -0.39 is 35.4 Å². The second kappa shape index (κ2) is 17.8. The molecule has 3 aromatic rings. The lowest BCUT2D eigenvalue weighted by Crippen LogP contribution is -2.52. The van der Waals surface area contributed by atoms with Crippen LogP contribution < -0.4 is 15.9 Å². The van der Waals surface area contributed by atoms with E-state index in [4.69, 9.17) is 10.6 Å². The van der Waals surface area contributed by atoms with Crippen molar-refractivity contribution < 1.29 is 24.2 Å². The second-order valence-corrected chi connectivity index (χ2v) is 13.9. The summed E-state index contributed by atoms with van der Waals surface area (Å²) in [5, 5.41) is 14.0. The molecule has 1 aliphatic heterocycles. The zero-order chi connectivity index (χ0) is 36.3. The Hall–Kier alpha value is -4.77. The van der Waals surface area contributed by atoms with Crippen LogP contribution in [0.4, 0.5) is 0 Å². The quantitative estimate of drug-likeness (QED) is 0.0700. The highest BCUT2D eigenvalue weighted by Gasteiger charge is 2.37. The van der Waals surface area contributed by atoms with Gasteiger partial charge in [-0.1, -0.05) is 69.0 Å². The average Bonchev–Trinajstić information content (AvgIpc) is 3.60. The summed E-state index contributed by atoms with van der Waals surface area (Å²) in [6, 6.07) is 13.5. The third-order valence-corrected chi connectivity index (χ3v) is 8.89. The molecule has 4 rings (SSSR count). The van der Waals surface area contributed by atoms with Crippen molar-refractivity contribution in [1.29, 1.82) is 0 Å². The lowest BCUT2D eigenvalue weighted by atomic mass is 10.0. The molecule has 11 heteroatoms. The van der Waals surface area contributed by atoms with Gasteiger partial charge in [0, 0.05) is 53.8 Å². The Kier molecular flexibility index (Phi) is 13.5. The predicted octanol–water partition coefficient (Wildman–Crippen LogP) is 6.14. The fourth-order valence-electron chi connectivity index (χ4n) is 5.98. The molecule has 4 N–H and O–H groups in total. The van der Waals surface area contributed by atoms with Gasteiger partial charge < -0.3 is 25.1 Å². The number of aromatic nitrogens is 2. The first-order valence-electron chi connectivity index (χ1n) is 17.6. The van der Waals surface area contributed by atoms with E-state index in [2.05, 4.69) is 22.2 Å². The van der Waals surface area contributed by atoms with E-state index >= 15 is 0 Å². The van der Waals surface area contributed by atoms with Gasteiger partial charge in [-0.2, -0.15) is 0 Å². The van der Waals surface area contributed by atoms with E-state index in [-0.39, 0.29) is 6.42 Å². The minimum atomic E-state index is -1.05. The summed E-state index contributed by atoms with van der Waals surface area (Å²) in [5.74, 6) is 5.60. The molecule has 0 radical (unpaired) electrons. The summed E-state index contributed by atoms with van der Waals surface area (Å²) in [5.41, 5.74) is 3.57. The fourth-order valence-corrected chi connectivity index (χ4v) is 5.98. The number of hydrazine groups is 1. The number of nitrogens with two attached hydrogens (primary N) is 1. The summed E-state index contributed by atoms with van der Waals surface area (Å²) in [6.45, 7) is 10.7. The van der Waals surface area contributed by atoms with E-state index in [9.17, 15) is 19.5 Å². The molecule has 1 aromatic heterocycles. The number of unbranched alkanes of at least 4 members (excludes halogenated alkanes) is 4. The van der Waals surface area contributed by atoms with Crippen LogP contribution in [0.2, 0.25) is 0 Å². The molecule has 2 heterocycles. The van der Waals surface area contributed by atoms with Gasteiger partial charge in [0.15, 0.2) is 5.82 Å². The lowest BCUT2D eigenvalue weighted by Gasteiger charge is -2.33. The first kappa shape index (κ1) is 38.0. The Balaban J connectivity index is 1.43. The van der Waals surface area contributed by atoms with E-state index in [1.807, 2.05) is 69.3 Å². The number of carbonyl (C=O) groups excluding carboxylic acids is 2. The number of carboxylic acids is 1. The maximum atomic E-state index is 13.7. The monoisotopic (exact) mass is 684 g/mol. The normalized spacial score (nSPS) is 15.4. The van der Waals surface area contributed by atoms with Crippen molar-refractivity contribution in [1.82, 2.24) is 25.2 Å². The van der Waals surface area contributed by atoms with Crippen molar-refractivity contribution in [2.45, 2.75) is 104 Å². The van der Waals surface area contributed by atoms with Crippen LogP contribution in [0.1, 0.15) is 85.1 Å². The van der Waals surface area contributed by atoms with Crippen molar-refractivity contribution in [2.24, 2.45) is 5.84 Å². The van der Waals surface area contributed by atoms with Crippen molar-refractivity contribution >= 4 is 17.8 Å². The number of likely N-dealkylation sites (tertiary alicyclic amines) is 1. The van der Waals surface area contributed by atoms with Gasteiger partial charge in [-0.05, 0) is 70.2 Å². The number of allylic oxidation sites excluding steroid dienone is 1. The van der Waals surface area contributed by atoms with Gasteiger partial charge in [0.25, 0.3) is 0 Å². The molecule has 2 atom stereocenters. The minimum absolute atomic E-state index is 0.171. The topological polar surface area (TPSA) is 151 Å². The molecule has 268 valence electrons. The summed E-state index contributed by atoms with van der Waals surface area (Å²) in [7, 11) is 0. The Bertz CT molecular complexity index is 1600. The second-order valence-electron chi connectivity index (χ2n) is 13.9. The smallest absolute Gasteiger partial charge is 0.326 e. The van der Waals surface area contributed by atoms with Crippen LogP contribution in [0, 0.1) is 0 Å². The van der Waals surface area contributed by atoms with Crippen LogP contribution >= 0.6 is 0 Å². The molecular formula is C39H52N6O5. The lowest BCUT2D eigenvalue weighted by molar-refractivity contribution is -0.149. The van der Waals surface area contributed by atoms with E-state index in [0.29, 0.717) is 30.9 Å². The van der Waals surface area contributed by atoms with Gasteiger partial charge in [0.1, 0.15) is 17.8 Å². The fraction of sp³-hybridized carbons (Fsp3) is 0.462. The number of carbonyl (C=O) groups is 3. The van der Waals surface area contributed by atoms with Crippen molar-refractivity contribution in [3.05, 3.63) is 78.3 Å². The summed E-state index contributed by atoms with van der Waals surface area (Å²) in [6.07, 6.45) is 12.1. The molecule has 0 spiro atoms. The number of ether oxygens (including phenoxy) is 1. The standard InChI is InChI=1S/C39H52N6O5/c1-6-7-8-9-10-22-50-32-19-17-29(18-20-32)31-25-41-36(42-26-31)30-15-13-28(14-16-30)24-33(37(47)44-21-11-12-34(44)38(48)49)43-35(46)23-27(2)45(40)39(3,4)5/h13-20,23,25-26,33-34H,6-12,21-22,24,40H2,1-5H3,(H,43,46)(H,48,49)/b27-23+/t33-,34-/m0/s1. The molecule has 2 amide bonds. The van der Waals surface area contributed by atoms with Gasteiger partial charge in [-0.15, -0.1) is 0 Å². The number of benzene rings is 2. The molecule has 0 saturated carbocycles. The van der Waals surface area contributed by atoms with Crippen LogP contribution in [0.25, 0.3) is 22.5 Å². The molecule has 11 nitrogen and oxygen atoms in total. The van der Waals surface area contributed by atoms with E-state index in [0.717, 1.165) is 41.0 Å². The minimum Gasteiger partial charge on any atom is -0.494 e. The highest BCUT2D eigenvalue weighted by atomic mass is 16.5. The zero-order valence-electron chi connectivity index (χ0n) is 30.0. The molecule has 0 bridgehead atoms. The number of nitrogens with one attached hydrogen (secondary N) is 1. The van der Waals surface area contributed by atoms with E-state index in [1.165, 1.54) is 41.7 Å². The predicted molar refractivity (Wildman–Crippen MR) is 195 cm³/mol. The summed E-state index contributed by atoms with van der Waals surface area (Å²) >= 11 is 0. The van der Waals surface area contributed by atoms with Gasteiger partial charge in [-0.25, -0.2) is 20.6 Å². The van der Waals surface area contributed by atoms with Crippen LogP contribution in [-0.2, 0) is 20.8 Å². The molecule has 1 saturated heterocycles. The third kappa shape index (κ3) is 10.6. The molecule has 1 aliphatic rings. The number of rotatable bonds is 16. The number of hydrogen-bond acceptors (Lipinski definition) is 8. The maximum absolute atomic E-state index is 13.7. The molecule has 0 unspecified atom stereocenters. The SMILES string of the molecule is CCCCCCCOc1ccc(-c2cnc(-c3ccc(C[C@H](NC(=O)/C=C(\C)N(N)C(C)(C)C)C(=O)N4CCC[C@H]4C(=O)O)cc3)nc2)cc1. The Morgan fingerprint density at radius 1 is 1.00 bits per heavy atom. The number of aliphatic carboxylic acids is 1. The van der Waals surface area contributed by atoms with Gasteiger partial charge in [-0.3, -0.25) is 9.59 Å². The van der Waals surface area contributed by atoms with Crippen LogP contribution in [0.5, 0.6) is 5.75 Å². The molecule has 2 aromatic carbocycles. The molecule has 1 fully saturated rings. The average molecular weight is 685 g/mol. The van der Waals surface area contributed by atoms with E-state index in [1.54, 1.807) is 19.3 Å². The molecule has 0 aliphatic carbocycles. The van der Waals surface area contributed by atoms with Crippen molar-refractivity contribution in [3.8, 4) is 28.3 Å². The van der Waals surface area contributed by atoms with Gasteiger partial charge in [0.2, 0.25) is 11.8 Å². The summed E-state index contributed by atoms with van der Waals surface area (Å²) < 4.78 is 5.89. The largest absolute Gasteiger partial charge is 0.494 e. The highest BCUT2D eigenvalue weighted by molar-refractivity contribution is 5.94. The number of nitrogens with zero attached hydrogens (tertiary/aromatic N) is 4. The highest BCUT2D eigenvalue weighted by Crippen LogP contribution is 2.25. The van der Waals surface area contributed by atoms with Crippen molar-refractivity contribution in [2.75, 3.05) is 13.2 Å². The van der Waals surface area contributed by atoms with Crippen LogP contribution in [0.15, 0.2) is 72.7 Å². The number of hydrogen-bond donors (Lipinski definition) is 3. The van der Waals surface area contributed by atoms with Crippen LogP contribution in [-0.4, -0.2) is 73.5 Å². The Morgan fingerprint density at radius 3 is 2.26 bits per heavy atom. The third-order valence-electron chi connectivity index (χ3n) is 8.89. The van der Waals surface area contributed by atoms with Crippen LogP contribution in [0.3, 0.4) is 0 Å². The first-order chi connectivity index (χ1) is 23.9. The molecular weight excluding hydrogens is 632 g/mol. The Labute approximate surface area is 295 Å². The van der Waals surface area contributed by atoms with Gasteiger partial charge in [0.05, 0.1) is 6.61 Å². The Morgan fingerprint density at radius 2 is 1.64 bits per heavy atom. The number of amides is 2. The molecule has 50 heavy (non-hydrogen) atoms. The number of carboxylic acid groups (broad SMARTS) is 1. The zero-order valence-corrected chi connectivity index (χ0v) is 30.0. The maximum Gasteiger partial charge on any atom is 0.326 e. The summed E-state index contributed by atoms with van der Waals surface area (Å²) in [4.78, 5) is 49.2. The first-order valence-corrected chi connectivity index (χ1v) is 17.6. The van der Waals surface area contributed by atoms with Crippen molar-refractivity contribution in [3.63, 3.8) is 0 Å².